The molecule has 1 aliphatic rings. The van der Waals surface area contributed by atoms with E-state index < -0.39 is 5.92 Å². The Morgan fingerprint density at radius 3 is 2.61 bits per heavy atom. The van der Waals surface area contributed by atoms with E-state index in [9.17, 15) is 9.59 Å². The Hall–Kier alpha value is -4.33. The van der Waals surface area contributed by atoms with Crippen LogP contribution in [-0.2, 0) is 16.1 Å². The minimum Gasteiger partial charge on any atom is -0.337 e. The molecule has 1 N–H and O–H groups in total. The summed E-state index contributed by atoms with van der Waals surface area (Å²) >= 11 is 0. The van der Waals surface area contributed by atoms with E-state index in [1.165, 1.54) is 0 Å². The van der Waals surface area contributed by atoms with Gasteiger partial charge >= 0.3 is 0 Å². The van der Waals surface area contributed by atoms with Crippen LogP contribution in [0.5, 0.6) is 0 Å². The first kappa shape index (κ1) is 20.6. The fourth-order valence-electron chi connectivity index (χ4n) is 3.80. The van der Waals surface area contributed by atoms with E-state index in [0.29, 0.717) is 30.5 Å². The molecule has 4 aromatic rings. The van der Waals surface area contributed by atoms with Crippen molar-refractivity contribution in [3.63, 3.8) is 0 Å². The highest BCUT2D eigenvalue weighted by atomic mass is 16.5. The average Bonchev–Trinajstić information content (AvgIpc) is 3.48. The molecule has 1 aliphatic heterocycles. The number of carbonyl (C=O) groups excluding carboxylic acids is 2. The summed E-state index contributed by atoms with van der Waals surface area (Å²) in [5.74, 6) is 0.330. The number of pyridine rings is 1. The number of anilines is 1. The highest BCUT2D eigenvalue weighted by Crippen LogP contribution is 2.25. The molecule has 1 saturated heterocycles. The van der Waals surface area contributed by atoms with Gasteiger partial charge in [-0.15, -0.1) is 0 Å². The summed E-state index contributed by atoms with van der Waals surface area (Å²) in [6.07, 6.45) is 3.63. The van der Waals surface area contributed by atoms with Crippen molar-refractivity contribution in [3.05, 3.63) is 84.7 Å². The molecule has 2 aromatic carbocycles. The van der Waals surface area contributed by atoms with Crippen molar-refractivity contribution in [1.82, 2.24) is 20.0 Å². The third-order valence-corrected chi connectivity index (χ3v) is 5.54. The van der Waals surface area contributed by atoms with Crippen LogP contribution in [0.25, 0.3) is 22.8 Å². The third kappa shape index (κ3) is 4.64. The lowest BCUT2D eigenvalue weighted by Gasteiger charge is -2.16. The minimum atomic E-state index is -0.391. The van der Waals surface area contributed by atoms with Crippen molar-refractivity contribution >= 4 is 17.5 Å². The van der Waals surface area contributed by atoms with Crippen molar-refractivity contribution < 1.29 is 14.1 Å². The Labute approximate surface area is 190 Å². The molecular weight excluding hydrogens is 418 g/mol. The molecule has 3 heterocycles. The number of hydrogen-bond acceptors (Lipinski definition) is 6. The molecule has 0 saturated carbocycles. The number of nitrogens with one attached hydrogen (secondary N) is 1. The fraction of sp³-hybridized carbons (Fsp3) is 0.160. The highest BCUT2D eigenvalue weighted by Gasteiger charge is 2.34. The maximum absolute atomic E-state index is 12.7. The summed E-state index contributed by atoms with van der Waals surface area (Å²) < 4.78 is 5.38. The van der Waals surface area contributed by atoms with Crippen molar-refractivity contribution in [1.29, 1.82) is 0 Å². The summed E-state index contributed by atoms with van der Waals surface area (Å²) in [6.45, 7) is 0.849. The lowest BCUT2D eigenvalue weighted by Crippen LogP contribution is -2.28. The molecule has 1 fully saturated rings. The van der Waals surface area contributed by atoms with E-state index in [4.69, 9.17) is 4.52 Å². The summed E-state index contributed by atoms with van der Waals surface area (Å²) in [5, 5.41) is 6.94. The van der Waals surface area contributed by atoms with Crippen LogP contribution in [0.15, 0.2) is 83.6 Å². The van der Waals surface area contributed by atoms with E-state index in [1.807, 2.05) is 54.6 Å². The van der Waals surface area contributed by atoms with Gasteiger partial charge in [0.25, 0.3) is 5.89 Å². The molecule has 0 bridgehead atoms. The van der Waals surface area contributed by atoms with Crippen LogP contribution in [-0.4, -0.2) is 38.4 Å². The normalized spacial score (nSPS) is 15.6. The molecule has 0 spiro atoms. The Morgan fingerprint density at radius 1 is 1.03 bits per heavy atom. The maximum atomic E-state index is 12.7. The predicted octanol–water partition coefficient (Wildman–Crippen LogP) is 3.79. The van der Waals surface area contributed by atoms with Gasteiger partial charge in [0.05, 0.1) is 5.92 Å². The zero-order valence-electron chi connectivity index (χ0n) is 17.7. The molecule has 1 unspecified atom stereocenters. The number of carbonyl (C=O) groups is 2. The monoisotopic (exact) mass is 439 g/mol. The van der Waals surface area contributed by atoms with Gasteiger partial charge in [0.2, 0.25) is 17.6 Å². The van der Waals surface area contributed by atoms with Crippen LogP contribution in [0.1, 0.15) is 12.0 Å². The number of likely N-dealkylation sites (tertiary alicyclic amines) is 1. The van der Waals surface area contributed by atoms with Crippen molar-refractivity contribution in [2.24, 2.45) is 5.92 Å². The molecule has 8 nitrogen and oxygen atoms in total. The lowest BCUT2D eigenvalue weighted by atomic mass is 10.1. The van der Waals surface area contributed by atoms with Gasteiger partial charge in [-0.25, -0.2) is 0 Å². The van der Waals surface area contributed by atoms with E-state index in [0.717, 1.165) is 16.7 Å². The van der Waals surface area contributed by atoms with E-state index >= 15 is 0 Å². The Kier molecular flexibility index (Phi) is 5.63. The maximum Gasteiger partial charge on any atom is 0.258 e. The molecule has 2 amide bonds. The number of amides is 2. The molecule has 2 aromatic heterocycles. The molecule has 33 heavy (non-hydrogen) atoms. The number of benzene rings is 2. The molecule has 0 aliphatic carbocycles. The molecule has 5 rings (SSSR count). The second-order valence-electron chi connectivity index (χ2n) is 7.89. The van der Waals surface area contributed by atoms with Crippen molar-refractivity contribution in [2.75, 3.05) is 11.9 Å². The Balaban J connectivity index is 1.20. The predicted molar refractivity (Wildman–Crippen MR) is 122 cm³/mol. The second-order valence-corrected chi connectivity index (χ2v) is 7.89. The Morgan fingerprint density at radius 2 is 1.85 bits per heavy atom. The fourth-order valence-corrected chi connectivity index (χ4v) is 3.80. The van der Waals surface area contributed by atoms with E-state index in [1.54, 1.807) is 29.4 Å². The van der Waals surface area contributed by atoms with Gasteiger partial charge in [0.1, 0.15) is 0 Å². The van der Waals surface area contributed by atoms with Gasteiger partial charge in [-0.05, 0) is 35.9 Å². The van der Waals surface area contributed by atoms with Gasteiger partial charge in [0, 0.05) is 48.7 Å². The van der Waals surface area contributed by atoms with Crippen molar-refractivity contribution in [2.45, 2.75) is 13.0 Å². The zero-order chi connectivity index (χ0) is 22.6. The first-order valence-electron chi connectivity index (χ1n) is 10.6. The van der Waals surface area contributed by atoms with Crippen LogP contribution in [0.2, 0.25) is 0 Å². The van der Waals surface area contributed by atoms with Gasteiger partial charge in [-0.2, -0.15) is 4.98 Å². The number of hydrogen-bond donors (Lipinski definition) is 1. The molecule has 0 radical (unpaired) electrons. The van der Waals surface area contributed by atoms with Gasteiger partial charge < -0.3 is 14.7 Å². The van der Waals surface area contributed by atoms with Gasteiger partial charge in [0.15, 0.2) is 0 Å². The number of aromatic nitrogens is 3. The topological polar surface area (TPSA) is 101 Å². The molecule has 8 heteroatoms. The summed E-state index contributed by atoms with van der Waals surface area (Å²) in [5.41, 5.74) is 3.21. The molecule has 164 valence electrons. The summed E-state index contributed by atoms with van der Waals surface area (Å²) in [6, 6.07) is 20.5. The first-order chi connectivity index (χ1) is 16.2. The van der Waals surface area contributed by atoms with Crippen LogP contribution < -0.4 is 5.32 Å². The molecular formula is C25H21N5O3. The van der Waals surface area contributed by atoms with Crippen LogP contribution in [0, 0.1) is 5.92 Å². The molecule has 1 atom stereocenters. The van der Waals surface area contributed by atoms with E-state index in [2.05, 4.69) is 20.4 Å². The minimum absolute atomic E-state index is 0.0278. The van der Waals surface area contributed by atoms with Gasteiger partial charge in [-0.1, -0.05) is 41.6 Å². The average molecular weight is 439 g/mol. The summed E-state index contributed by atoms with van der Waals surface area (Å²) in [7, 11) is 0. The van der Waals surface area contributed by atoms with Gasteiger partial charge in [-0.3, -0.25) is 14.6 Å². The third-order valence-electron chi connectivity index (χ3n) is 5.54. The van der Waals surface area contributed by atoms with Crippen LogP contribution >= 0.6 is 0 Å². The Bertz CT molecular complexity index is 1260. The number of nitrogens with zero attached hydrogens (tertiary/aromatic N) is 4. The second kappa shape index (κ2) is 9.04. The van der Waals surface area contributed by atoms with Crippen molar-refractivity contribution in [3.8, 4) is 22.8 Å². The lowest BCUT2D eigenvalue weighted by molar-refractivity contribution is -0.128. The van der Waals surface area contributed by atoms with Crippen LogP contribution in [0.4, 0.5) is 5.69 Å². The number of rotatable bonds is 6. The quantitative estimate of drug-likeness (QED) is 0.491. The van der Waals surface area contributed by atoms with E-state index in [-0.39, 0.29) is 18.2 Å². The SMILES string of the molecule is O=C(Nc1ccc(-c2nc(-c3ccccc3)no2)cc1)C1CC(=O)N(Cc2cccnc2)C1. The van der Waals surface area contributed by atoms with Crippen LogP contribution in [0.3, 0.4) is 0 Å². The standard InChI is InChI=1S/C25H21N5O3/c31-22-13-20(16-30(22)15-17-5-4-12-26-14-17)24(32)27-21-10-8-19(9-11-21)25-28-23(29-33-25)18-6-2-1-3-7-18/h1-12,14,20H,13,15-16H2,(H,27,32). The smallest absolute Gasteiger partial charge is 0.258 e. The first-order valence-corrected chi connectivity index (χ1v) is 10.6. The highest BCUT2D eigenvalue weighted by molar-refractivity contribution is 5.97. The largest absolute Gasteiger partial charge is 0.337 e. The summed E-state index contributed by atoms with van der Waals surface area (Å²) in [4.78, 5) is 35.3. The zero-order valence-corrected chi connectivity index (χ0v) is 17.7.